The summed E-state index contributed by atoms with van der Waals surface area (Å²) in [5.74, 6) is 0.644. The van der Waals surface area contributed by atoms with E-state index >= 15 is 0 Å². The number of benzene rings is 2. The Kier molecular flexibility index (Phi) is 8.06. The molecule has 1 unspecified atom stereocenters. The number of aryl methyl sites for hydroxylation is 1. The van der Waals surface area contributed by atoms with Gasteiger partial charge in [-0.1, -0.05) is 61.4 Å². The molecule has 2 aliphatic rings. The van der Waals surface area contributed by atoms with E-state index in [1.807, 2.05) is 48.3 Å². The van der Waals surface area contributed by atoms with Crippen molar-refractivity contribution in [1.29, 1.82) is 0 Å². The van der Waals surface area contributed by atoms with E-state index in [0.29, 0.717) is 31.0 Å². The summed E-state index contributed by atoms with van der Waals surface area (Å²) >= 11 is 0. The Morgan fingerprint density at radius 3 is 2.35 bits per heavy atom. The van der Waals surface area contributed by atoms with Crippen molar-refractivity contribution in [3.63, 3.8) is 0 Å². The fourth-order valence-electron chi connectivity index (χ4n) is 6.10. The Morgan fingerprint density at radius 1 is 0.946 bits per heavy atom. The maximum absolute atomic E-state index is 13.9. The minimum Gasteiger partial charge on any atom is -0.336 e. The van der Waals surface area contributed by atoms with Crippen molar-refractivity contribution >= 4 is 16.8 Å². The van der Waals surface area contributed by atoms with Gasteiger partial charge < -0.3 is 14.4 Å². The maximum Gasteiger partial charge on any atom is 0.255 e. The molecular weight excluding hydrogens is 460 g/mol. The zero-order chi connectivity index (χ0) is 25.8. The van der Waals surface area contributed by atoms with E-state index in [1.54, 1.807) is 4.57 Å². The summed E-state index contributed by atoms with van der Waals surface area (Å²) in [6, 6.07) is 20.6. The van der Waals surface area contributed by atoms with Gasteiger partial charge in [-0.25, -0.2) is 0 Å². The lowest BCUT2D eigenvalue weighted by Gasteiger charge is -2.40. The minimum atomic E-state index is -0.0202. The van der Waals surface area contributed by atoms with Crippen molar-refractivity contribution in [2.75, 3.05) is 39.8 Å². The van der Waals surface area contributed by atoms with Crippen LogP contribution in [0.4, 0.5) is 0 Å². The van der Waals surface area contributed by atoms with Crippen LogP contribution in [0.1, 0.15) is 49.3 Å². The fourth-order valence-corrected chi connectivity index (χ4v) is 6.10. The van der Waals surface area contributed by atoms with E-state index in [4.69, 9.17) is 0 Å². The number of hydrogen-bond donors (Lipinski definition) is 0. The molecular formula is C31H40N4O2. The average molecular weight is 501 g/mol. The summed E-state index contributed by atoms with van der Waals surface area (Å²) in [6.07, 6.45) is 5.29. The first-order valence-corrected chi connectivity index (χ1v) is 13.8. The van der Waals surface area contributed by atoms with Gasteiger partial charge in [0.2, 0.25) is 5.91 Å². The lowest BCUT2D eigenvalue weighted by molar-refractivity contribution is -0.134. The van der Waals surface area contributed by atoms with Crippen LogP contribution in [0.5, 0.6) is 0 Å². The van der Waals surface area contributed by atoms with Crippen LogP contribution in [0.15, 0.2) is 65.5 Å². The molecule has 1 aliphatic carbocycles. The second-order valence-electron chi connectivity index (χ2n) is 11.0. The van der Waals surface area contributed by atoms with Crippen molar-refractivity contribution in [3.8, 4) is 0 Å². The summed E-state index contributed by atoms with van der Waals surface area (Å²) in [4.78, 5) is 34.1. The summed E-state index contributed by atoms with van der Waals surface area (Å²) in [5, 5.41) is 1.03. The zero-order valence-electron chi connectivity index (χ0n) is 22.3. The van der Waals surface area contributed by atoms with Crippen LogP contribution >= 0.6 is 0 Å². The van der Waals surface area contributed by atoms with E-state index in [1.165, 1.54) is 18.4 Å². The molecule has 0 N–H and O–H groups in total. The molecule has 0 spiro atoms. The average Bonchev–Trinajstić information content (AvgIpc) is 3.43. The van der Waals surface area contributed by atoms with Crippen molar-refractivity contribution in [2.24, 2.45) is 13.0 Å². The molecule has 6 nitrogen and oxygen atoms in total. The van der Waals surface area contributed by atoms with Gasteiger partial charge in [-0.2, -0.15) is 0 Å². The van der Waals surface area contributed by atoms with Crippen LogP contribution in [-0.2, 0) is 18.4 Å². The van der Waals surface area contributed by atoms with Gasteiger partial charge in [-0.05, 0) is 48.9 Å². The first kappa shape index (κ1) is 25.7. The molecule has 2 heterocycles. The summed E-state index contributed by atoms with van der Waals surface area (Å²) < 4.78 is 1.72. The summed E-state index contributed by atoms with van der Waals surface area (Å²) in [7, 11) is 4.00. The van der Waals surface area contributed by atoms with Gasteiger partial charge in [-0.3, -0.25) is 14.5 Å². The fraction of sp³-hybridized carbons (Fsp3) is 0.484. The Morgan fingerprint density at radius 2 is 1.62 bits per heavy atom. The number of amides is 1. The van der Waals surface area contributed by atoms with Gasteiger partial charge in [0, 0.05) is 51.8 Å². The van der Waals surface area contributed by atoms with Crippen molar-refractivity contribution < 1.29 is 4.79 Å². The zero-order valence-corrected chi connectivity index (χ0v) is 22.3. The summed E-state index contributed by atoms with van der Waals surface area (Å²) in [6.45, 7) is 4.92. The van der Waals surface area contributed by atoms with Gasteiger partial charge in [0.1, 0.15) is 0 Å². The van der Waals surface area contributed by atoms with E-state index in [9.17, 15) is 9.59 Å². The number of aromatic nitrogens is 1. The molecule has 3 aromatic rings. The smallest absolute Gasteiger partial charge is 0.255 e. The topological polar surface area (TPSA) is 48.8 Å². The van der Waals surface area contributed by atoms with Gasteiger partial charge in [0.05, 0.1) is 18.1 Å². The molecule has 1 aromatic heterocycles. The van der Waals surface area contributed by atoms with Gasteiger partial charge in [0.25, 0.3) is 5.56 Å². The number of fused-ring (bicyclic) bond motifs is 1. The first-order chi connectivity index (χ1) is 18.0. The first-order valence-electron chi connectivity index (χ1n) is 13.8. The predicted molar refractivity (Wildman–Crippen MR) is 149 cm³/mol. The quantitative estimate of drug-likeness (QED) is 0.459. The Bertz CT molecular complexity index is 1260. The lowest BCUT2D eigenvalue weighted by Crippen LogP contribution is -2.49. The molecule has 2 fully saturated rings. The normalized spacial score (nSPS) is 18.3. The Labute approximate surface area is 220 Å². The lowest BCUT2D eigenvalue weighted by atomic mass is 10.0. The highest BCUT2D eigenvalue weighted by Crippen LogP contribution is 2.30. The number of likely N-dealkylation sites (N-methyl/N-ethyl adjacent to an activating group) is 1. The Balaban J connectivity index is 1.47. The predicted octanol–water partition coefficient (Wildman–Crippen LogP) is 4.44. The molecule has 0 bridgehead atoms. The van der Waals surface area contributed by atoms with E-state index < -0.39 is 0 Å². The van der Waals surface area contributed by atoms with Crippen LogP contribution < -0.4 is 5.56 Å². The number of carbonyl (C=O) groups is 1. The van der Waals surface area contributed by atoms with Crippen LogP contribution in [-0.4, -0.2) is 64.9 Å². The Hall–Kier alpha value is -2.96. The van der Waals surface area contributed by atoms with E-state index in [0.717, 1.165) is 49.9 Å². The third-order valence-electron chi connectivity index (χ3n) is 8.42. The largest absolute Gasteiger partial charge is 0.336 e. The number of rotatable bonds is 8. The maximum atomic E-state index is 13.9. The second kappa shape index (κ2) is 11.6. The van der Waals surface area contributed by atoms with Crippen LogP contribution in [0.25, 0.3) is 10.9 Å². The SMILES string of the molecule is CN1CCN(C(CN(Cc2cc3ccccc3n(C)c2=O)C(=O)CC2CCCC2)c2ccccc2)CC1. The molecule has 196 valence electrons. The van der Waals surface area contributed by atoms with Crippen LogP contribution in [0.2, 0.25) is 0 Å². The van der Waals surface area contributed by atoms with Gasteiger partial charge >= 0.3 is 0 Å². The van der Waals surface area contributed by atoms with E-state index in [-0.39, 0.29) is 17.5 Å². The van der Waals surface area contributed by atoms with E-state index in [2.05, 4.69) is 41.1 Å². The number of hydrogen-bond acceptors (Lipinski definition) is 4. The number of carbonyl (C=O) groups excluding carboxylic acids is 1. The molecule has 1 atom stereocenters. The monoisotopic (exact) mass is 500 g/mol. The number of para-hydroxylation sites is 1. The molecule has 1 aliphatic heterocycles. The molecule has 37 heavy (non-hydrogen) atoms. The summed E-state index contributed by atoms with van der Waals surface area (Å²) in [5.41, 5.74) is 2.82. The van der Waals surface area contributed by atoms with Crippen LogP contribution in [0, 0.1) is 5.92 Å². The highest BCUT2D eigenvalue weighted by atomic mass is 16.2. The number of piperazine rings is 1. The molecule has 6 heteroatoms. The van der Waals surface area contributed by atoms with Crippen molar-refractivity contribution in [1.82, 2.24) is 19.3 Å². The highest BCUT2D eigenvalue weighted by molar-refractivity contribution is 5.80. The second-order valence-corrected chi connectivity index (χ2v) is 11.0. The number of nitrogens with zero attached hydrogens (tertiary/aromatic N) is 4. The molecule has 1 saturated heterocycles. The van der Waals surface area contributed by atoms with Gasteiger partial charge in [-0.15, -0.1) is 0 Å². The molecule has 1 saturated carbocycles. The molecule has 2 aromatic carbocycles. The standard InChI is InChI=1S/C31H40N4O2/c1-32-16-18-34(19-17-32)29(25-12-4-3-5-13-25)23-35(30(36)20-24-10-6-7-11-24)22-27-21-26-14-8-9-15-28(26)33(2)31(27)37/h3-5,8-9,12-15,21,24,29H,6-7,10-11,16-20,22-23H2,1-2H3. The third kappa shape index (κ3) is 5.97. The van der Waals surface area contributed by atoms with Gasteiger partial charge in [0.15, 0.2) is 0 Å². The highest BCUT2D eigenvalue weighted by Gasteiger charge is 2.30. The molecule has 1 amide bonds. The molecule has 0 radical (unpaired) electrons. The molecule has 5 rings (SSSR count). The van der Waals surface area contributed by atoms with Crippen molar-refractivity contribution in [2.45, 2.75) is 44.7 Å². The van der Waals surface area contributed by atoms with Crippen LogP contribution in [0.3, 0.4) is 0 Å². The van der Waals surface area contributed by atoms with Crippen molar-refractivity contribution in [3.05, 3.63) is 82.1 Å². The minimum absolute atomic E-state index is 0.0202. The number of pyridine rings is 1. The third-order valence-corrected chi connectivity index (χ3v) is 8.42.